The maximum Gasteiger partial charge on any atom is 0.144 e. The summed E-state index contributed by atoms with van der Waals surface area (Å²) < 4.78 is 19.1. The van der Waals surface area contributed by atoms with E-state index in [1.165, 1.54) is 24.4 Å². The predicted octanol–water partition coefficient (Wildman–Crippen LogP) is 3.65. The number of benzene rings is 1. The second-order valence-electron chi connectivity index (χ2n) is 3.17. The molecule has 0 radical (unpaired) electrons. The van der Waals surface area contributed by atoms with Crippen molar-refractivity contribution in [1.82, 2.24) is 4.98 Å². The van der Waals surface area contributed by atoms with Gasteiger partial charge in [-0.05, 0) is 34.1 Å². The van der Waals surface area contributed by atoms with Gasteiger partial charge >= 0.3 is 0 Å². The van der Waals surface area contributed by atoms with Crippen molar-refractivity contribution in [1.29, 1.82) is 5.26 Å². The lowest BCUT2D eigenvalue weighted by Crippen LogP contribution is -1.89. The highest BCUT2D eigenvalue weighted by Crippen LogP contribution is 2.30. The normalized spacial score (nSPS) is 9.71. The molecule has 0 spiro atoms. The molecule has 0 fully saturated rings. The highest BCUT2D eigenvalue weighted by atomic mass is 79.9. The fraction of sp³-hybridized carbons (Fsp3) is 0. The fourth-order valence-corrected chi connectivity index (χ4v) is 1.55. The van der Waals surface area contributed by atoms with Crippen LogP contribution < -0.4 is 4.74 Å². The molecule has 2 aromatic rings. The summed E-state index contributed by atoms with van der Waals surface area (Å²) in [5, 5.41) is 8.69. The standard InChI is InChI=1S/C12H6BrFN2O/c13-11-2-1-8(14)5-12(11)17-10-3-4-16-9(6-10)7-15/h1-6H. The average Bonchev–Trinajstić information content (AvgIpc) is 2.34. The first-order valence-electron chi connectivity index (χ1n) is 4.68. The van der Waals surface area contributed by atoms with Gasteiger partial charge in [-0.25, -0.2) is 9.37 Å². The molecule has 17 heavy (non-hydrogen) atoms. The Bertz CT molecular complexity index is 595. The summed E-state index contributed by atoms with van der Waals surface area (Å²) in [5.41, 5.74) is 0.245. The molecule has 2 rings (SSSR count). The first kappa shape index (κ1) is 11.6. The summed E-state index contributed by atoms with van der Waals surface area (Å²) in [6.45, 7) is 0. The van der Waals surface area contributed by atoms with Crippen LogP contribution in [0.4, 0.5) is 4.39 Å². The molecule has 0 saturated carbocycles. The number of aromatic nitrogens is 1. The van der Waals surface area contributed by atoms with Crippen LogP contribution in [0.1, 0.15) is 5.69 Å². The molecule has 0 aliphatic heterocycles. The summed E-state index contributed by atoms with van der Waals surface area (Å²) in [4.78, 5) is 3.81. The van der Waals surface area contributed by atoms with Crippen LogP contribution in [0.25, 0.3) is 0 Å². The Hall–Kier alpha value is -1.93. The Morgan fingerprint density at radius 1 is 1.29 bits per heavy atom. The zero-order valence-electron chi connectivity index (χ0n) is 8.52. The van der Waals surface area contributed by atoms with Crippen molar-refractivity contribution >= 4 is 15.9 Å². The zero-order chi connectivity index (χ0) is 12.3. The van der Waals surface area contributed by atoms with E-state index in [1.807, 2.05) is 6.07 Å². The van der Waals surface area contributed by atoms with Gasteiger partial charge in [0.2, 0.25) is 0 Å². The minimum Gasteiger partial charge on any atom is -0.456 e. The Labute approximate surface area is 106 Å². The number of nitrogens with zero attached hydrogens (tertiary/aromatic N) is 2. The van der Waals surface area contributed by atoms with Gasteiger partial charge in [0.25, 0.3) is 0 Å². The van der Waals surface area contributed by atoms with E-state index in [9.17, 15) is 4.39 Å². The van der Waals surface area contributed by atoms with E-state index in [0.29, 0.717) is 16.0 Å². The third-order valence-corrected chi connectivity index (χ3v) is 2.62. The van der Waals surface area contributed by atoms with Gasteiger partial charge in [0.05, 0.1) is 4.47 Å². The topological polar surface area (TPSA) is 45.9 Å². The zero-order valence-corrected chi connectivity index (χ0v) is 10.1. The minimum atomic E-state index is -0.391. The van der Waals surface area contributed by atoms with Gasteiger partial charge in [-0.2, -0.15) is 5.26 Å². The van der Waals surface area contributed by atoms with Crippen molar-refractivity contribution < 1.29 is 9.13 Å². The van der Waals surface area contributed by atoms with Crippen LogP contribution in [0.15, 0.2) is 41.0 Å². The van der Waals surface area contributed by atoms with Gasteiger partial charge in [0.15, 0.2) is 0 Å². The second-order valence-corrected chi connectivity index (χ2v) is 4.02. The third-order valence-electron chi connectivity index (χ3n) is 1.97. The van der Waals surface area contributed by atoms with E-state index in [2.05, 4.69) is 20.9 Å². The van der Waals surface area contributed by atoms with E-state index >= 15 is 0 Å². The first-order chi connectivity index (χ1) is 8.19. The maximum atomic E-state index is 13.0. The molecule has 5 heteroatoms. The first-order valence-corrected chi connectivity index (χ1v) is 5.47. The predicted molar refractivity (Wildman–Crippen MR) is 63.1 cm³/mol. The van der Waals surface area contributed by atoms with Crippen LogP contribution in [-0.4, -0.2) is 4.98 Å². The van der Waals surface area contributed by atoms with E-state index < -0.39 is 5.82 Å². The molecule has 0 bridgehead atoms. The molecular weight excluding hydrogens is 287 g/mol. The average molecular weight is 293 g/mol. The van der Waals surface area contributed by atoms with E-state index in [-0.39, 0.29) is 5.69 Å². The third kappa shape index (κ3) is 2.80. The number of hydrogen-bond donors (Lipinski definition) is 0. The van der Waals surface area contributed by atoms with Gasteiger partial charge in [-0.1, -0.05) is 0 Å². The Kier molecular flexibility index (Phi) is 3.35. The number of pyridine rings is 1. The van der Waals surface area contributed by atoms with E-state index in [0.717, 1.165) is 0 Å². The molecule has 0 aliphatic carbocycles. The van der Waals surface area contributed by atoms with E-state index in [4.69, 9.17) is 10.00 Å². The molecule has 84 valence electrons. The van der Waals surface area contributed by atoms with Gasteiger partial charge in [0, 0.05) is 18.3 Å². The van der Waals surface area contributed by atoms with Gasteiger partial charge in [-0.15, -0.1) is 0 Å². The van der Waals surface area contributed by atoms with Crippen molar-refractivity contribution in [2.75, 3.05) is 0 Å². The largest absolute Gasteiger partial charge is 0.456 e. The van der Waals surface area contributed by atoms with Crippen molar-refractivity contribution in [3.63, 3.8) is 0 Å². The fourth-order valence-electron chi connectivity index (χ4n) is 1.22. The number of rotatable bonds is 2. The van der Waals surface area contributed by atoms with Crippen molar-refractivity contribution in [3.8, 4) is 17.6 Å². The monoisotopic (exact) mass is 292 g/mol. The molecule has 0 saturated heterocycles. The molecule has 1 heterocycles. The summed E-state index contributed by atoms with van der Waals surface area (Å²) in [5.74, 6) is 0.390. The van der Waals surface area contributed by atoms with Crippen LogP contribution in [0.3, 0.4) is 0 Å². The van der Waals surface area contributed by atoms with E-state index in [1.54, 1.807) is 12.1 Å². The lowest BCUT2D eigenvalue weighted by Gasteiger charge is -2.07. The molecule has 0 N–H and O–H groups in total. The Morgan fingerprint density at radius 3 is 2.88 bits per heavy atom. The van der Waals surface area contributed by atoms with Crippen LogP contribution >= 0.6 is 15.9 Å². The molecule has 3 nitrogen and oxygen atoms in total. The van der Waals surface area contributed by atoms with Gasteiger partial charge in [0.1, 0.15) is 29.1 Å². The van der Waals surface area contributed by atoms with Crippen LogP contribution in [0, 0.1) is 17.1 Å². The van der Waals surface area contributed by atoms with Crippen LogP contribution in [0.5, 0.6) is 11.5 Å². The van der Waals surface area contributed by atoms with Crippen molar-refractivity contribution in [2.24, 2.45) is 0 Å². The number of halogens is 2. The SMILES string of the molecule is N#Cc1cc(Oc2cc(F)ccc2Br)ccn1. The smallest absolute Gasteiger partial charge is 0.144 e. The van der Waals surface area contributed by atoms with Crippen molar-refractivity contribution in [3.05, 3.63) is 52.5 Å². The van der Waals surface area contributed by atoms with Crippen LogP contribution in [0.2, 0.25) is 0 Å². The highest BCUT2D eigenvalue weighted by Gasteiger charge is 2.05. The molecule has 0 amide bonds. The summed E-state index contributed by atoms with van der Waals surface area (Å²) in [6, 6.07) is 9.12. The quantitative estimate of drug-likeness (QED) is 0.849. The molecule has 0 unspecified atom stereocenters. The summed E-state index contributed by atoms with van der Waals surface area (Å²) in [6.07, 6.45) is 1.46. The molecule has 1 aromatic heterocycles. The molecular formula is C12H6BrFN2O. The second kappa shape index (κ2) is 4.93. The number of ether oxygens (including phenoxy) is 1. The Balaban J connectivity index is 2.31. The Morgan fingerprint density at radius 2 is 2.12 bits per heavy atom. The lowest BCUT2D eigenvalue weighted by molar-refractivity contribution is 0.473. The highest BCUT2D eigenvalue weighted by molar-refractivity contribution is 9.10. The molecule has 1 aromatic carbocycles. The summed E-state index contributed by atoms with van der Waals surface area (Å²) >= 11 is 3.25. The molecule has 0 atom stereocenters. The number of hydrogen-bond acceptors (Lipinski definition) is 3. The number of nitriles is 1. The lowest BCUT2D eigenvalue weighted by atomic mass is 10.3. The van der Waals surface area contributed by atoms with Gasteiger partial charge in [-0.3, -0.25) is 0 Å². The minimum absolute atomic E-state index is 0.245. The molecule has 0 aliphatic rings. The maximum absolute atomic E-state index is 13.0. The van der Waals surface area contributed by atoms with Gasteiger partial charge < -0.3 is 4.74 Å². The summed E-state index contributed by atoms with van der Waals surface area (Å²) in [7, 11) is 0. The van der Waals surface area contributed by atoms with Crippen molar-refractivity contribution in [2.45, 2.75) is 0 Å². The van der Waals surface area contributed by atoms with Crippen LogP contribution in [-0.2, 0) is 0 Å².